The van der Waals surface area contributed by atoms with Crippen molar-refractivity contribution in [2.24, 2.45) is 0 Å². The fraction of sp³-hybridized carbons (Fsp3) is 0.143. The molecule has 0 fully saturated rings. The number of benzene rings is 3. The predicted octanol–water partition coefficient (Wildman–Crippen LogP) is 4.50. The average molecular weight is 385 g/mol. The Hall–Kier alpha value is -1.43. The van der Waals surface area contributed by atoms with Crippen LogP contribution in [-0.4, -0.2) is 11.5 Å². The molecular weight excluding hydrogens is 363 g/mol. The molecule has 0 aliphatic rings. The van der Waals surface area contributed by atoms with Crippen LogP contribution in [0, 0.1) is 0 Å². The van der Waals surface area contributed by atoms with Gasteiger partial charge in [0.15, 0.2) is 0 Å². The van der Waals surface area contributed by atoms with Gasteiger partial charge in [-0.05, 0) is 0 Å². The van der Waals surface area contributed by atoms with Crippen molar-refractivity contribution in [1.29, 1.82) is 0 Å². The van der Waals surface area contributed by atoms with Crippen LogP contribution in [0.25, 0.3) is 0 Å². The molecule has 0 saturated heterocycles. The van der Waals surface area contributed by atoms with Gasteiger partial charge in [-0.1, -0.05) is 0 Å². The molecule has 0 amide bonds. The molecule has 0 bridgehead atoms. The second-order valence-corrected chi connectivity index (χ2v) is 10.6. The summed E-state index contributed by atoms with van der Waals surface area (Å²) in [5.41, 5.74) is 0. The summed E-state index contributed by atoms with van der Waals surface area (Å²) < 4.78 is 0. The molecule has 0 heterocycles. The Kier molecular flexibility index (Phi) is 5.65. The molecule has 0 aliphatic carbocycles. The molecule has 0 saturated carbocycles. The van der Waals surface area contributed by atoms with E-state index in [0.717, 1.165) is 5.33 Å². The van der Waals surface area contributed by atoms with Gasteiger partial charge in [-0.25, -0.2) is 0 Å². The van der Waals surface area contributed by atoms with E-state index in [2.05, 4.69) is 107 Å². The van der Waals surface area contributed by atoms with Crippen LogP contribution in [0.2, 0.25) is 0 Å². The van der Waals surface area contributed by atoms with Crippen LogP contribution in [0.3, 0.4) is 0 Å². The third kappa shape index (κ3) is 3.42. The Morgan fingerprint density at radius 1 is 0.565 bits per heavy atom. The number of hydrogen-bond acceptors (Lipinski definition) is 0. The average Bonchev–Trinajstić information content (AvgIpc) is 2.65. The number of hydrogen-bond donors (Lipinski definition) is 0. The normalized spacial score (nSPS) is 12.0. The first-order valence-electron chi connectivity index (χ1n) is 8.10. The minimum absolute atomic E-state index is 1.05. The van der Waals surface area contributed by atoms with Crippen LogP contribution >= 0.6 is 23.2 Å². The molecule has 0 nitrogen and oxygen atoms in total. The standard InChI is InChI=1S/C21H22BrP/c22-17-10-18-23(19-11-4-1-5-12-19,20-13-6-2-7-14-20)21-15-8-3-9-16-21/h1-9,11-16,23H,10,17-18H2. The van der Waals surface area contributed by atoms with E-state index in [0.29, 0.717) is 0 Å². The molecule has 118 valence electrons. The van der Waals surface area contributed by atoms with Gasteiger partial charge in [0.1, 0.15) is 0 Å². The van der Waals surface area contributed by atoms with Crippen molar-refractivity contribution in [1.82, 2.24) is 0 Å². The van der Waals surface area contributed by atoms with E-state index >= 15 is 0 Å². The van der Waals surface area contributed by atoms with Crippen LogP contribution in [-0.2, 0) is 0 Å². The van der Waals surface area contributed by atoms with Gasteiger partial charge in [-0.2, -0.15) is 0 Å². The van der Waals surface area contributed by atoms with Crippen molar-refractivity contribution in [2.75, 3.05) is 11.5 Å². The van der Waals surface area contributed by atoms with Crippen molar-refractivity contribution in [3.05, 3.63) is 91.0 Å². The summed E-state index contributed by atoms with van der Waals surface area (Å²) in [6, 6.07) is 33.3. The third-order valence-corrected chi connectivity index (χ3v) is 10.1. The van der Waals surface area contributed by atoms with Crippen LogP contribution in [0.4, 0.5) is 0 Å². The van der Waals surface area contributed by atoms with Gasteiger partial charge < -0.3 is 0 Å². The predicted molar refractivity (Wildman–Crippen MR) is 110 cm³/mol. The molecular formula is C21H22BrP. The van der Waals surface area contributed by atoms with Crippen molar-refractivity contribution < 1.29 is 0 Å². The second kappa shape index (κ2) is 7.90. The number of halogens is 1. The first-order chi connectivity index (χ1) is 11.4. The number of alkyl halides is 1. The summed E-state index contributed by atoms with van der Waals surface area (Å²) in [6.07, 6.45) is 2.40. The molecule has 3 rings (SSSR count). The van der Waals surface area contributed by atoms with E-state index < -0.39 is 7.26 Å². The Bertz CT molecular complexity index is 614. The fourth-order valence-electron chi connectivity index (χ4n) is 3.43. The van der Waals surface area contributed by atoms with Crippen LogP contribution in [0.15, 0.2) is 91.0 Å². The monoisotopic (exact) mass is 384 g/mol. The Labute approximate surface area is 148 Å². The fourth-order valence-corrected chi connectivity index (χ4v) is 9.09. The van der Waals surface area contributed by atoms with Crippen molar-refractivity contribution >= 4 is 39.1 Å². The summed E-state index contributed by atoms with van der Waals surface area (Å²) in [7, 11) is -1.97. The van der Waals surface area contributed by atoms with Gasteiger partial charge in [0.25, 0.3) is 0 Å². The molecule has 0 atom stereocenters. The van der Waals surface area contributed by atoms with E-state index in [1.54, 1.807) is 0 Å². The summed E-state index contributed by atoms with van der Waals surface area (Å²) >= 11 is 3.64. The second-order valence-electron chi connectivity index (χ2n) is 5.80. The number of rotatable bonds is 6. The first kappa shape index (κ1) is 16.4. The van der Waals surface area contributed by atoms with E-state index in [4.69, 9.17) is 0 Å². The van der Waals surface area contributed by atoms with E-state index in [1.807, 2.05) is 0 Å². The zero-order valence-electron chi connectivity index (χ0n) is 13.2. The van der Waals surface area contributed by atoms with E-state index in [-0.39, 0.29) is 0 Å². The maximum atomic E-state index is 3.64. The Morgan fingerprint density at radius 2 is 0.913 bits per heavy atom. The summed E-state index contributed by atoms with van der Waals surface area (Å²) in [5.74, 6) is 0. The molecule has 0 radical (unpaired) electrons. The molecule has 3 aromatic carbocycles. The Morgan fingerprint density at radius 3 is 1.22 bits per heavy atom. The SMILES string of the molecule is BrCCC[PH](c1ccccc1)(c1ccccc1)c1ccccc1. The molecule has 0 aliphatic heterocycles. The summed E-state index contributed by atoms with van der Waals surface area (Å²) in [6.45, 7) is 0. The zero-order valence-corrected chi connectivity index (χ0v) is 15.7. The van der Waals surface area contributed by atoms with Crippen molar-refractivity contribution in [2.45, 2.75) is 6.42 Å². The van der Waals surface area contributed by atoms with E-state index in [9.17, 15) is 0 Å². The van der Waals surface area contributed by atoms with Crippen LogP contribution in [0.1, 0.15) is 6.42 Å². The van der Waals surface area contributed by atoms with Gasteiger partial charge in [-0.15, -0.1) is 0 Å². The van der Waals surface area contributed by atoms with Gasteiger partial charge in [0.2, 0.25) is 0 Å². The molecule has 0 spiro atoms. The Balaban J connectivity index is 2.25. The quantitative estimate of drug-likeness (QED) is 0.433. The zero-order chi connectivity index (χ0) is 16.0. The summed E-state index contributed by atoms with van der Waals surface area (Å²) in [5, 5.41) is 5.55. The van der Waals surface area contributed by atoms with Gasteiger partial charge in [0, 0.05) is 0 Å². The maximum absolute atomic E-state index is 3.64. The summed E-state index contributed by atoms with van der Waals surface area (Å²) in [4.78, 5) is 0. The molecule has 3 aromatic rings. The van der Waals surface area contributed by atoms with Crippen LogP contribution in [0.5, 0.6) is 0 Å². The van der Waals surface area contributed by atoms with Gasteiger partial charge >= 0.3 is 148 Å². The van der Waals surface area contributed by atoms with E-state index in [1.165, 1.54) is 28.5 Å². The third-order valence-electron chi connectivity index (χ3n) is 4.49. The minimum atomic E-state index is -1.97. The first-order valence-corrected chi connectivity index (χ1v) is 11.4. The molecule has 0 unspecified atom stereocenters. The topological polar surface area (TPSA) is 0 Å². The van der Waals surface area contributed by atoms with Crippen molar-refractivity contribution in [3.8, 4) is 0 Å². The van der Waals surface area contributed by atoms with Crippen LogP contribution < -0.4 is 15.9 Å². The molecule has 23 heavy (non-hydrogen) atoms. The molecule has 2 heteroatoms. The van der Waals surface area contributed by atoms with Gasteiger partial charge in [-0.3, -0.25) is 0 Å². The molecule has 0 aromatic heterocycles. The van der Waals surface area contributed by atoms with Gasteiger partial charge in [0.05, 0.1) is 0 Å². The van der Waals surface area contributed by atoms with Crippen molar-refractivity contribution in [3.63, 3.8) is 0 Å². The molecule has 0 N–H and O–H groups in total.